The molecule has 74 valence electrons. The first-order valence-corrected chi connectivity index (χ1v) is 5.04. The molecule has 1 aliphatic carbocycles. The first-order valence-electron chi connectivity index (χ1n) is 5.04. The van der Waals surface area contributed by atoms with Crippen molar-refractivity contribution < 1.29 is 4.79 Å². The largest absolute Gasteiger partial charge is 0.299 e. The van der Waals surface area contributed by atoms with Crippen LogP contribution in [-0.2, 0) is 4.79 Å². The van der Waals surface area contributed by atoms with Crippen molar-refractivity contribution in [2.75, 3.05) is 0 Å². The Kier molecular flexibility index (Phi) is 2.65. The van der Waals surface area contributed by atoms with Crippen LogP contribution in [0.25, 0.3) is 0 Å². The van der Waals surface area contributed by atoms with Gasteiger partial charge in [-0.25, -0.2) is 0 Å². The van der Waals surface area contributed by atoms with Crippen LogP contribution < -0.4 is 0 Å². The van der Waals surface area contributed by atoms with Crippen LogP contribution in [0.3, 0.4) is 0 Å². The minimum atomic E-state index is -0.135. The molecule has 1 rings (SSSR count). The molecule has 1 atom stereocenters. The molecule has 13 heavy (non-hydrogen) atoms. The Labute approximate surface area is 81.2 Å². The van der Waals surface area contributed by atoms with E-state index in [-0.39, 0.29) is 5.41 Å². The molecule has 0 aromatic rings. The van der Waals surface area contributed by atoms with Gasteiger partial charge in [-0.3, -0.25) is 4.79 Å². The quantitative estimate of drug-likeness (QED) is 0.596. The van der Waals surface area contributed by atoms with Crippen molar-refractivity contribution in [3.8, 4) is 0 Å². The molecule has 0 bridgehead atoms. The fourth-order valence-electron chi connectivity index (χ4n) is 2.50. The normalized spacial score (nSPS) is 33.0. The van der Waals surface area contributed by atoms with E-state index < -0.39 is 0 Å². The summed E-state index contributed by atoms with van der Waals surface area (Å²) in [5.74, 6) is 0.423. The number of allylic oxidation sites excluding steroid dienone is 1. The maximum Gasteiger partial charge on any atom is 0.139 e. The van der Waals surface area contributed by atoms with E-state index in [0.29, 0.717) is 11.2 Å². The first-order chi connectivity index (χ1) is 5.90. The summed E-state index contributed by atoms with van der Waals surface area (Å²) >= 11 is 0. The lowest BCUT2D eigenvalue weighted by molar-refractivity contribution is -0.133. The third kappa shape index (κ3) is 2.20. The number of ketones is 1. The standard InChI is InChI=1S/C12H20O/c1-5-7-12(4)9-11(2,3)8-6-10(12)13/h5H,1,6-9H2,2-4H3. The molecule has 0 aromatic carbocycles. The molecule has 0 radical (unpaired) electrons. The van der Waals surface area contributed by atoms with Gasteiger partial charge in [0.25, 0.3) is 0 Å². The Morgan fingerprint density at radius 2 is 2.08 bits per heavy atom. The predicted molar refractivity (Wildman–Crippen MR) is 55.6 cm³/mol. The van der Waals surface area contributed by atoms with Crippen LogP contribution in [0.1, 0.15) is 46.5 Å². The van der Waals surface area contributed by atoms with E-state index in [1.807, 2.05) is 6.08 Å². The highest BCUT2D eigenvalue weighted by Gasteiger charge is 2.41. The van der Waals surface area contributed by atoms with Crippen LogP contribution in [0.5, 0.6) is 0 Å². The summed E-state index contributed by atoms with van der Waals surface area (Å²) in [6.07, 6.45) is 5.50. The predicted octanol–water partition coefficient (Wildman–Crippen LogP) is 3.35. The molecule has 1 unspecified atom stereocenters. The van der Waals surface area contributed by atoms with Gasteiger partial charge in [0.1, 0.15) is 5.78 Å². The SMILES string of the molecule is C=CCC1(C)CC(C)(C)CCC1=O. The minimum absolute atomic E-state index is 0.135. The van der Waals surface area contributed by atoms with Crippen molar-refractivity contribution in [3.05, 3.63) is 12.7 Å². The monoisotopic (exact) mass is 180 g/mol. The van der Waals surface area contributed by atoms with E-state index in [0.717, 1.165) is 25.7 Å². The lowest BCUT2D eigenvalue weighted by Gasteiger charge is -2.41. The Balaban J connectivity index is 2.81. The van der Waals surface area contributed by atoms with Crippen molar-refractivity contribution in [2.24, 2.45) is 10.8 Å². The molecule has 0 aliphatic heterocycles. The Hall–Kier alpha value is -0.590. The maximum absolute atomic E-state index is 11.7. The van der Waals surface area contributed by atoms with Crippen molar-refractivity contribution in [1.29, 1.82) is 0 Å². The second-order valence-electron chi connectivity index (χ2n) is 5.32. The lowest BCUT2D eigenvalue weighted by atomic mass is 9.62. The highest BCUT2D eigenvalue weighted by Crippen LogP contribution is 2.45. The summed E-state index contributed by atoms with van der Waals surface area (Å²) in [5.41, 5.74) is 0.190. The molecule has 0 aromatic heterocycles. The van der Waals surface area contributed by atoms with Crippen molar-refractivity contribution >= 4 is 5.78 Å². The minimum Gasteiger partial charge on any atom is -0.299 e. The highest BCUT2D eigenvalue weighted by molar-refractivity contribution is 5.85. The number of carbonyl (C=O) groups is 1. The second-order valence-corrected chi connectivity index (χ2v) is 5.32. The number of rotatable bonds is 2. The van der Waals surface area contributed by atoms with E-state index in [9.17, 15) is 4.79 Å². The smallest absolute Gasteiger partial charge is 0.139 e. The molecule has 1 nitrogen and oxygen atoms in total. The van der Waals surface area contributed by atoms with Gasteiger partial charge in [-0.15, -0.1) is 6.58 Å². The topological polar surface area (TPSA) is 17.1 Å². The molecule has 0 N–H and O–H groups in total. The van der Waals surface area contributed by atoms with Gasteiger partial charge < -0.3 is 0 Å². The van der Waals surface area contributed by atoms with Gasteiger partial charge >= 0.3 is 0 Å². The van der Waals surface area contributed by atoms with Gasteiger partial charge in [0.15, 0.2) is 0 Å². The summed E-state index contributed by atoms with van der Waals surface area (Å²) < 4.78 is 0. The zero-order chi connectivity index (χ0) is 10.1. The van der Waals surface area contributed by atoms with Crippen LogP contribution in [-0.4, -0.2) is 5.78 Å². The van der Waals surface area contributed by atoms with Crippen LogP contribution in [0, 0.1) is 10.8 Å². The van der Waals surface area contributed by atoms with E-state index in [2.05, 4.69) is 27.4 Å². The fraction of sp³-hybridized carbons (Fsp3) is 0.750. The highest BCUT2D eigenvalue weighted by atomic mass is 16.1. The molecule has 0 amide bonds. The van der Waals surface area contributed by atoms with Crippen molar-refractivity contribution in [3.63, 3.8) is 0 Å². The zero-order valence-electron chi connectivity index (χ0n) is 9.02. The number of hydrogen-bond donors (Lipinski definition) is 0. The van der Waals surface area contributed by atoms with E-state index in [1.54, 1.807) is 0 Å². The third-order valence-electron chi connectivity index (χ3n) is 3.17. The van der Waals surface area contributed by atoms with Crippen molar-refractivity contribution in [1.82, 2.24) is 0 Å². The van der Waals surface area contributed by atoms with Crippen LogP contribution in [0.2, 0.25) is 0 Å². The molecule has 1 saturated carbocycles. The van der Waals surface area contributed by atoms with Gasteiger partial charge in [-0.2, -0.15) is 0 Å². The molecular weight excluding hydrogens is 160 g/mol. The van der Waals surface area contributed by atoms with Gasteiger partial charge in [-0.1, -0.05) is 26.8 Å². The molecule has 0 spiro atoms. The van der Waals surface area contributed by atoms with Crippen molar-refractivity contribution in [2.45, 2.75) is 46.5 Å². The summed E-state index contributed by atoms with van der Waals surface area (Å²) in [4.78, 5) is 11.7. The van der Waals surface area contributed by atoms with Gasteiger partial charge in [0.2, 0.25) is 0 Å². The average molecular weight is 180 g/mol. The van der Waals surface area contributed by atoms with Gasteiger partial charge in [-0.05, 0) is 24.7 Å². The molecule has 1 heteroatoms. The lowest BCUT2D eigenvalue weighted by Crippen LogP contribution is -2.38. The molecule has 0 heterocycles. The fourth-order valence-corrected chi connectivity index (χ4v) is 2.50. The molecule has 0 saturated heterocycles. The molecular formula is C12H20O. The third-order valence-corrected chi connectivity index (χ3v) is 3.17. The van der Waals surface area contributed by atoms with E-state index >= 15 is 0 Å². The average Bonchev–Trinajstić information content (AvgIpc) is 1.97. The Bertz CT molecular complexity index is 227. The maximum atomic E-state index is 11.7. The first kappa shape index (κ1) is 10.5. The van der Waals surface area contributed by atoms with Gasteiger partial charge in [0, 0.05) is 11.8 Å². The zero-order valence-corrected chi connectivity index (χ0v) is 9.02. The summed E-state index contributed by atoms with van der Waals surface area (Å²) in [5, 5.41) is 0. The number of hydrogen-bond acceptors (Lipinski definition) is 1. The van der Waals surface area contributed by atoms with Crippen LogP contribution in [0.4, 0.5) is 0 Å². The van der Waals surface area contributed by atoms with E-state index in [4.69, 9.17) is 0 Å². The molecule has 1 aliphatic rings. The summed E-state index contributed by atoms with van der Waals surface area (Å²) in [6, 6.07) is 0. The van der Waals surface area contributed by atoms with Crippen LogP contribution >= 0.6 is 0 Å². The summed E-state index contributed by atoms with van der Waals surface area (Å²) in [6.45, 7) is 10.3. The van der Waals surface area contributed by atoms with Crippen LogP contribution in [0.15, 0.2) is 12.7 Å². The second kappa shape index (κ2) is 3.28. The van der Waals surface area contributed by atoms with Gasteiger partial charge in [0.05, 0.1) is 0 Å². The van der Waals surface area contributed by atoms with E-state index in [1.165, 1.54) is 0 Å². The number of carbonyl (C=O) groups excluding carboxylic acids is 1. The Morgan fingerprint density at radius 3 is 2.62 bits per heavy atom. The summed E-state index contributed by atoms with van der Waals surface area (Å²) in [7, 11) is 0. The number of Topliss-reactive ketones (excluding diaryl/α,β-unsaturated/α-hetero) is 1. The Morgan fingerprint density at radius 1 is 1.46 bits per heavy atom. The molecule has 1 fully saturated rings.